The molecule has 1 aromatic carbocycles. The van der Waals surface area contributed by atoms with E-state index in [4.69, 9.17) is 5.11 Å². The number of carboxylic acid groups (broad SMARTS) is 1. The van der Waals surface area contributed by atoms with E-state index < -0.39 is 11.9 Å². The second-order valence-corrected chi connectivity index (χ2v) is 5.57. The number of amides is 1. The molecule has 0 radical (unpaired) electrons. The first kappa shape index (κ1) is 16.2. The Bertz CT molecular complexity index is 469. The van der Waals surface area contributed by atoms with Crippen LogP contribution in [0.4, 0.5) is 5.69 Å². The average Bonchev–Trinajstić information content (AvgIpc) is 2.36. The number of hydrogen-bond donors (Lipinski definition) is 2. The molecule has 1 unspecified atom stereocenters. The van der Waals surface area contributed by atoms with Gasteiger partial charge in [0, 0.05) is 12.1 Å². The van der Waals surface area contributed by atoms with Gasteiger partial charge in [-0.05, 0) is 37.3 Å². The maximum Gasteiger partial charge on any atom is 0.306 e. The fourth-order valence-electron chi connectivity index (χ4n) is 2.14. The quantitative estimate of drug-likeness (QED) is 0.802. The van der Waals surface area contributed by atoms with Gasteiger partial charge in [0.2, 0.25) is 5.91 Å². The molecule has 0 aliphatic heterocycles. The first-order chi connectivity index (χ1) is 9.40. The van der Waals surface area contributed by atoms with Gasteiger partial charge < -0.3 is 10.4 Å². The van der Waals surface area contributed by atoms with Gasteiger partial charge >= 0.3 is 5.97 Å². The standard InChI is InChI=1S/C16H23NO3/c1-11(2)10-13(16(19)20)8-9-15(18)17-14-7-5-4-6-12(14)3/h4-7,11,13H,8-10H2,1-3H3,(H,17,18)(H,19,20). The molecule has 0 aromatic heterocycles. The molecule has 0 fully saturated rings. The van der Waals surface area contributed by atoms with E-state index in [-0.39, 0.29) is 12.3 Å². The summed E-state index contributed by atoms with van der Waals surface area (Å²) in [5, 5.41) is 12.0. The third kappa shape index (κ3) is 5.43. The lowest BCUT2D eigenvalue weighted by Gasteiger charge is -2.14. The highest BCUT2D eigenvalue weighted by Crippen LogP contribution is 2.19. The van der Waals surface area contributed by atoms with Crippen molar-refractivity contribution in [3.8, 4) is 0 Å². The van der Waals surface area contributed by atoms with Gasteiger partial charge in [0.1, 0.15) is 0 Å². The van der Waals surface area contributed by atoms with Gasteiger partial charge in [0.25, 0.3) is 0 Å². The van der Waals surface area contributed by atoms with Gasteiger partial charge in [-0.3, -0.25) is 9.59 Å². The van der Waals surface area contributed by atoms with Crippen LogP contribution in [0, 0.1) is 18.8 Å². The summed E-state index contributed by atoms with van der Waals surface area (Å²) in [6, 6.07) is 7.54. The van der Waals surface area contributed by atoms with Crippen LogP contribution >= 0.6 is 0 Å². The maximum absolute atomic E-state index is 11.9. The lowest BCUT2D eigenvalue weighted by Crippen LogP contribution is -2.20. The highest BCUT2D eigenvalue weighted by Gasteiger charge is 2.20. The molecular weight excluding hydrogens is 254 g/mol. The Kier molecular flexibility index (Phi) is 6.22. The first-order valence-corrected chi connectivity index (χ1v) is 6.98. The fraction of sp³-hybridized carbons (Fsp3) is 0.500. The number of aryl methyl sites for hydroxylation is 1. The minimum atomic E-state index is -0.817. The van der Waals surface area contributed by atoms with Gasteiger partial charge in [0.15, 0.2) is 0 Å². The number of carbonyl (C=O) groups excluding carboxylic acids is 1. The van der Waals surface area contributed by atoms with E-state index in [9.17, 15) is 9.59 Å². The number of benzene rings is 1. The molecule has 20 heavy (non-hydrogen) atoms. The molecule has 4 heteroatoms. The molecule has 0 spiro atoms. The van der Waals surface area contributed by atoms with Crippen LogP contribution in [0.1, 0.15) is 38.7 Å². The second kappa shape index (κ2) is 7.68. The molecule has 110 valence electrons. The Morgan fingerprint density at radius 1 is 1.25 bits per heavy atom. The van der Waals surface area contributed by atoms with Gasteiger partial charge in [0.05, 0.1) is 5.92 Å². The summed E-state index contributed by atoms with van der Waals surface area (Å²) in [6.07, 6.45) is 1.22. The molecule has 1 aromatic rings. The van der Waals surface area contributed by atoms with Crippen LogP contribution in [0.25, 0.3) is 0 Å². The van der Waals surface area contributed by atoms with E-state index in [0.29, 0.717) is 18.8 Å². The summed E-state index contributed by atoms with van der Waals surface area (Å²) < 4.78 is 0. The monoisotopic (exact) mass is 277 g/mol. The van der Waals surface area contributed by atoms with Crippen molar-refractivity contribution in [1.29, 1.82) is 0 Å². The highest BCUT2D eigenvalue weighted by atomic mass is 16.4. The normalized spacial score (nSPS) is 12.2. The number of carbonyl (C=O) groups is 2. The van der Waals surface area contributed by atoms with Gasteiger partial charge in [-0.15, -0.1) is 0 Å². The van der Waals surface area contributed by atoms with Crippen molar-refractivity contribution in [2.24, 2.45) is 11.8 Å². The molecule has 0 bridgehead atoms. The van der Waals surface area contributed by atoms with Crippen molar-refractivity contribution < 1.29 is 14.7 Å². The number of aliphatic carboxylic acids is 1. The summed E-state index contributed by atoms with van der Waals surface area (Å²) in [5.74, 6) is -1.08. The number of anilines is 1. The molecule has 2 N–H and O–H groups in total. The zero-order valence-corrected chi connectivity index (χ0v) is 12.3. The maximum atomic E-state index is 11.9. The van der Waals surface area contributed by atoms with Crippen molar-refractivity contribution >= 4 is 17.6 Å². The van der Waals surface area contributed by atoms with Gasteiger partial charge in [-0.2, -0.15) is 0 Å². The third-order valence-electron chi connectivity index (χ3n) is 3.24. The summed E-state index contributed by atoms with van der Waals surface area (Å²) in [7, 11) is 0. The van der Waals surface area contributed by atoms with Crippen LogP contribution in [-0.4, -0.2) is 17.0 Å². The Hall–Kier alpha value is -1.84. The van der Waals surface area contributed by atoms with E-state index >= 15 is 0 Å². The molecule has 0 aliphatic rings. The molecule has 0 saturated heterocycles. The first-order valence-electron chi connectivity index (χ1n) is 6.98. The van der Waals surface area contributed by atoms with Crippen molar-refractivity contribution in [1.82, 2.24) is 0 Å². The molecular formula is C16H23NO3. The smallest absolute Gasteiger partial charge is 0.306 e. The lowest BCUT2D eigenvalue weighted by atomic mass is 9.93. The van der Waals surface area contributed by atoms with Crippen LogP contribution in [0.15, 0.2) is 24.3 Å². The van der Waals surface area contributed by atoms with Crippen LogP contribution in [0.3, 0.4) is 0 Å². The Morgan fingerprint density at radius 3 is 2.45 bits per heavy atom. The Balaban J connectivity index is 2.50. The van der Waals surface area contributed by atoms with Crippen LogP contribution < -0.4 is 5.32 Å². The number of carboxylic acids is 1. The van der Waals surface area contributed by atoms with Crippen molar-refractivity contribution in [3.05, 3.63) is 29.8 Å². The number of hydrogen-bond acceptors (Lipinski definition) is 2. The number of nitrogens with one attached hydrogen (secondary N) is 1. The minimum Gasteiger partial charge on any atom is -0.481 e. The van der Waals surface area contributed by atoms with Crippen molar-refractivity contribution in [3.63, 3.8) is 0 Å². The molecule has 0 aliphatic carbocycles. The van der Waals surface area contributed by atoms with E-state index in [1.165, 1.54) is 0 Å². The molecule has 1 rings (SSSR count). The van der Waals surface area contributed by atoms with Gasteiger partial charge in [-0.25, -0.2) is 0 Å². The topological polar surface area (TPSA) is 66.4 Å². The number of para-hydroxylation sites is 1. The van der Waals surface area contributed by atoms with Crippen molar-refractivity contribution in [2.75, 3.05) is 5.32 Å². The molecule has 0 saturated carbocycles. The van der Waals surface area contributed by atoms with Crippen LogP contribution in [-0.2, 0) is 9.59 Å². The van der Waals surface area contributed by atoms with Crippen LogP contribution in [0.5, 0.6) is 0 Å². The molecule has 4 nitrogen and oxygen atoms in total. The molecule has 0 heterocycles. The largest absolute Gasteiger partial charge is 0.481 e. The summed E-state index contributed by atoms with van der Waals surface area (Å²) in [4.78, 5) is 23.0. The molecule has 1 atom stereocenters. The predicted octanol–water partition coefficient (Wildman–Crippen LogP) is 3.46. The second-order valence-electron chi connectivity index (χ2n) is 5.57. The summed E-state index contributed by atoms with van der Waals surface area (Å²) in [6.45, 7) is 5.90. The summed E-state index contributed by atoms with van der Waals surface area (Å²) >= 11 is 0. The lowest BCUT2D eigenvalue weighted by molar-refractivity contribution is -0.142. The zero-order valence-electron chi connectivity index (χ0n) is 12.3. The molecule has 1 amide bonds. The Labute approximate surface area is 120 Å². The zero-order chi connectivity index (χ0) is 15.1. The third-order valence-corrected chi connectivity index (χ3v) is 3.24. The van der Waals surface area contributed by atoms with Gasteiger partial charge in [-0.1, -0.05) is 32.0 Å². The highest BCUT2D eigenvalue weighted by molar-refractivity contribution is 5.91. The average molecular weight is 277 g/mol. The van der Waals surface area contributed by atoms with Crippen molar-refractivity contribution in [2.45, 2.75) is 40.0 Å². The SMILES string of the molecule is Cc1ccccc1NC(=O)CCC(CC(C)C)C(=O)O. The Morgan fingerprint density at radius 2 is 1.90 bits per heavy atom. The minimum absolute atomic E-state index is 0.130. The van der Waals surface area contributed by atoms with E-state index in [1.54, 1.807) is 0 Å². The van der Waals surface area contributed by atoms with E-state index in [0.717, 1.165) is 11.3 Å². The van der Waals surface area contributed by atoms with E-state index in [2.05, 4.69) is 5.32 Å². The number of rotatable bonds is 7. The van der Waals surface area contributed by atoms with E-state index in [1.807, 2.05) is 45.0 Å². The fourth-order valence-corrected chi connectivity index (χ4v) is 2.14. The predicted molar refractivity (Wildman–Crippen MR) is 79.6 cm³/mol. The summed E-state index contributed by atoms with van der Waals surface area (Å²) in [5.41, 5.74) is 1.78. The van der Waals surface area contributed by atoms with Crippen LogP contribution in [0.2, 0.25) is 0 Å².